The minimum atomic E-state index is -0.0827. The third-order valence-electron chi connectivity index (χ3n) is 3.57. The molecule has 0 bridgehead atoms. The summed E-state index contributed by atoms with van der Waals surface area (Å²) in [6.07, 6.45) is 5.44. The molecule has 0 aromatic heterocycles. The number of nitrogens with two attached hydrogens (primary N) is 1. The zero-order valence-corrected chi connectivity index (χ0v) is 13.6. The summed E-state index contributed by atoms with van der Waals surface area (Å²) in [6.45, 7) is 0. The topological polar surface area (TPSA) is 55.1 Å². The molecule has 2 unspecified atom stereocenters. The lowest BCUT2D eigenvalue weighted by Crippen LogP contribution is -2.46. The first-order valence-electron chi connectivity index (χ1n) is 6.59. The van der Waals surface area contributed by atoms with Gasteiger partial charge in [-0.25, -0.2) is 0 Å². The highest BCUT2D eigenvalue weighted by molar-refractivity contribution is 14.1. The Hall–Kier alpha value is -0.330. The minimum absolute atomic E-state index is 0.0609. The maximum Gasteiger partial charge on any atom is 0.251 e. The zero-order valence-electron chi connectivity index (χ0n) is 10.7. The highest BCUT2D eigenvalue weighted by atomic mass is 127. The Bertz CT molecular complexity index is 467. The van der Waals surface area contributed by atoms with Crippen LogP contribution >= 0.6 is 34.2 Å². The smallest absolute Gasteiger partial charge is 0.251 e. The first-order valence-corrected chi connectivity index (χ1v) is 8.05. The highest BCUT2D eigenvalue weighted by Crippen LogP contribution is 2.21. The molecular weight excluding hydrogens is 375 g/mol. The van der Waals surface area contributed by atoms with Crippen molar-refractivity contribution in [1.82, 2.24) is 5.32 Å². The summed E-state index contributed by atoms with van der Waals surface area (Å²) in [4.78, 5) is 12.2. The summed E-state index contributed by atoms with van der Waals surface area (Å²) in [5.41, 5.74) is 6.72. The van der Waals surface area contributed by atoms with E-state index in [0.29, 0.717) is 10.6 Å². The van der Waals surface area contributed by atoms with Crippen molar-refractivity contribution in [2.45, 2.75) is 44.2 Å². The number of carbonyl (C=O) groups is 1. The van der Waals surface area contributed by atoms with Crippen molar-refractivity contribution in [3.63, 3.8) is 0 Å². The minimum Gasteiger partial charge on any atom is -0.348 e. The molecular formula is C14H18ClIN2O. The molecule has 0 spiro atoms. The van der Waals surface area contributed by atoms with Gasteiger partial charge in [0.15, 0.2) is 0 Å². The zero-order chi connectivity index (χ0) is 13.8. The molecule has 0 aliphatic heterocycles. The predicted octanol–water partition coefficient (Wildman–Crippen LogP) is 3.33. The third kappa shape index (κ3) is 4.07. The van der Waals surface area contributed by atoms with Crippen molar-refractivity contribution in [3.05, 3.63) is 32.4 Å². The molecule has 1 amide bonds. The van der Waals surface area contributed by atoms with Gasteiger partial charge in [0.1, 0.15) is 0 Å². The van der Waals surface area contributed by atoms with Gasteiger partial charge in [0.2, 0.25) is 0 Å². The summed E-state index contributed by atoms with van der Waals surface area (Å²) in [5, 5.41) is 3.66. The molecule has 104 valence electrons. The van der Waals surface area contributed by atoms with Crippen LogP contribution in [0.4, 0.5) is 0 Å². The van der Waals surface area contributed by atoms with Gasteiger partial charge in [0.05, 0.1) is 5.02 Å². The number of rotatable bonds is 2. The maximum absolute atomic E-state index is 12.2. The van der Waals surface area contributed by atoms with Crippen LogP contribution in [0.1, 0.15) is 42.5 Å². The summed E-state index contributed by atoms with van der Waals surface area (Å²) in [6, 6.07) is 5.50. The van der Waals surface area contributed by atoms with Gasteiger partial charge in [-0.15, -0.1) is 0 Å². The van der Waals surface area contributed by atoms with E-state index < -0.39 is 0 Å². The average molecular weight is 393 g/mol. The van der Waals surface area contributed by atoms with Crippen LogP contribution < -0.4 is 11.1 Å². The molecule has 2 rings (SSSR count). The predicted molar refractivity (Wildman–Crippen MR) is 86.5 cm³/mol. The van der Waals surface area contributed by atoms with E-state index in [1.54, 1.807) is 12.1 Å². The van der Waals surface area contributed by atoms with Crippen LogP contribution in [0.3, 0.4) is 0 Å². The molecule has 2 atom stereocenters. The Morgan fingerprint density at radius 3 is 2.79 bits per heavy atom. The molecule has 1 fully saturated rings. The number of halogens is 2. The van der Waals surface area contributed by atoms with E-state index in [9.17, 15) is 4.79 Å². The van der Waals surface area contributed by atoms with Crippen LogP contribution in [0.2, 0.25) is 5.02 Å². The summed E-state index contributed by atoms with van der Waals surface area (Å²) in [5.74, 6) is -0.0827. The lowest BCUT2D eigenvalue weighted by atomic mass is 10.0. The lowest BCUT2D eigenvalue weighted by molar-refractivity contribution is 0.0929. The second-order valence-electron chi connectivity index (χ2n) is 5.01. The van der Waals surface area contributed by atoms with E-state index in [1.807, 2.05) is 6.07 Å². The van der Waals surface area contributed by atoms with Crippen molar-refractivity contribution in [2.75, 3.05) is 0 Å². The number of nitrogens with one attached hydrogen (secondary N) is 1. The first-order chi connectivity index (χ1) is 9.08. The molecule has 19 heavy (non-hydrogen) atoms. The lowest BCUT2D eigenvalue weighted by Gasteiger charge is -2.22. The van der Waals surface area contributed by atoms with Gasteiger partial charge < -0.3 is 11.1 Å². The molecule has 0 saturated heterocycles. The molecule has 1 aliphatic carbocycles. The Balaban J connectivity index is 2.05. The van der Waals surface area contributed by atoms with Crippen molar-refractivity contribution in [2.24, 2.45) is 5.73 Å². The summed E-state index contributed by atoms with van der Waals surface area (Å²) < 4.78 is 0.946. The van der Waals surface area contributed by atoms with Crippen molar-refractivity contribution < 1.29 is 4.79 Å². The van der Waals surface area contributed by atoms with Gasteiger partial charge in [0, 0.05) is 21.2 Å². The number of hydrogen-bond donors (Lipinski definition) is 2. The van der Waals surface area contributed by atoms with Crippen LogP contribution in [0.15, 0.2) is 18.2 Å². The summed E-state index contributed by atoms with van der Waals surface area (Å²) >= 11 is 8.19. The van der Waals surface area contributed by atoms with Gasteiger partial charge in [-0.1, -0.05) is 30.9 Å². The van der Waals surface area contributed by atoms with Crippen LogP contribution in [0.25, 0.3) is 0 Å². The second kappa shape index (κ2) is 6.90. The molecule has 1 aliphatic rings. The van der Waals surface area contributed by atoms with Crippen molar-refractivity contribution in [1.29, 1.82) is 0 Å². The highest BCUT2D eigenvalue weighted by Gasteiger charge is 2.22. The quantitative estimate of drug-likeness (QED) is 0.599. The van der Waals surface area contributed by atoms with Crippen LogP contribution in [-0.2, 0) is 0 Å². The van der Waals surface area contributed by atoms with Crippen molar-refractivity contribution in [3.8, 4) is 0 Å². The van der Waals surface area contributed by atoms with E-state index >= 15 is 0 Å². The Morgan fingerprint density at radius 2 is 2.05 bits per heavy atom. The van der Waals surface area contributed by atoms with Gasteiger partial charge in [-0.3, -0.25) is 4.79 Å². The van der Waals surface area contributed by atoms with Crippen LogP contribution in [0.5, 0.6) is 0 Å². The molecule has 1 saturated carbocycles. The van der Waals surface area contributed by atoms with Gasteiger partial charge in [0.25, 0.3) is 5.91 Å². The fraction of sp³-hybridized carbons (Fsp3) is 0.500. The number of amides is 1. The molecule has 0 heterocycles. The normalized spacial score (nSPS) is 23.7. The Kier molecular flexibility index (Phi) is 5.47. The number of benzene rings is 1. The SMILES string of the molecule is NC1CCCCCC1NC(=O)c1ccc(I)c(Cl)c1. The Morgan fingerprint density at radius 1 is 1.32 bits per heavy atom. The van der Waals surface area contributed by atoms with Crippen LogP contribution in [0, 0.1) is 3.57 Å². The number of carbonyl (C=O) groups excluding carboxylic acids is 1. The monoisotopic (exact) mass is 392 g/mol. The second-order valence-corrected chi connectivity index (χ2v) is 6.58. The maximum atomic E-state index is 12.2. The van der Waals surface area contributed by atoms with Gasteiger partial charge in [-0.2, -0.15) is 0 Å². The number of hydrogen-bond acceptors (Lipinski definition) is 2. The van der Waals surface area contributed by atoms with E-state index in [-0.39, 0.29) is 18.0 Å². The fourth-order valence-electron chi connectivity index (χ4n) is 2.40. The van der Waals surface area contributed by atoms with E-state index in [2.05, 4.69) is 27.9 Å². The third-order valence-corrected chi connectivity index (χ3v) is 5.14. The first kappa shape index (κ1) is 15.1. The molecule has 3 nitrogen and oxygen atoms in total. The molecule has 1 aromatic carbocycles. The fourth-order valence-corrected chi connectivity index (χ4v) is 2.92. The largest absolute Gasteiger partial charge is 0.348 e. The standard InChI is InChI=1S/C14H18ClIN2O/c15-10-8-9(6-7-11(10)16)14(19)18-13-5-3-1-2-4-12(13)17/h6-8,12-13H,1-5,17H2,(H,18,19). The molecule has 0 radical (unpaired) electrons. The van der Waals surface area contributed by atoms with E-state index in [1.165, 1.54) is 6.42 Å². The van der Waals surface area contributed by atoms with E-state index in [0.717, 1.165) is 29.3 Å². The summed E-state index contributed by atoms with van der Waals surface area (Å²) in [7, 11) is 0. The molecule has 1 aromatic rings. The Labute approximate surface area is 132 Å². The van der Waals surface area contributed by atoms with Crippen LogP contribution in [-0.4, -0.2) is 18.0 Å². The average Bonchev–Trinajstić information content (AvgIpc) is 2.58. The van der Waals surface area contributed by atoms with Gasteiger partial charge in [-0.05, 0) is 53.6 Å². The van der Waals surface area contributed by atoms with Crippen molar-refractivity contribution >= 4 is 40.1 Å². The molecule has 5 heteroatoms. The van der Waals surface area contributed by atoms with E-state index in [4.69, 9.17) is 17.3 Å². The molecule has 3 N–H and O–H groups in total. The van der Waals surface area contributed by atoms with Gasteiger partial charge >= 0.3 is 0 Å².